The minimum Gasteiger partial charge on any atom is -0.488 e. The highest BCUT2D eigenvalue weighted by Crippen LogP contribution is 2.57. The maximum atomic E-state index is 14.1. The quantitative estimate of drug-likeness (QED) is 0.126. The zero-order chi connectivity index (χ0) is 44.5. The average molecular weight is 883 g/mol. The first kappa shape index (κ1) is 41.9. The van der Waals surface area contributed by atoms with Crippen molar-refractivity contribution in [2.75, 3.05) is 59.2 Å². The highest BCUT2D eigenvalue weighted by atomic mass is 16.5. The molecule has 13 rings (SSSR count). The van der Waals surface area contributed by atoms with Crippen molar-refractivity contribution in [3.8, 4) is 57.2 Å². The van der Waals surface area contributed by atoms with Crippen LogP contribution in [0, 0.1) is 12.3 Å². The van der Waals surface area contributed by atoms with Gasteiger partial charge >= 0.3 is 0 Å². The fourth-order valence-corrected chi connectivity index (χ4v) is 10.7. The van der Waals surface area contributed by atoms with Gasteiger partial charge in [0.1, 0.15) is 24.7 Å². The van der Waals surface area contributed by atoms with E-state index < -0.39 is 0 Å². The molecule has 3 heterocycles. The lowest BCUT2D eigenvalue weighted by Crippen LogP contribution is -2.42. The number of benzene rings is 7. The number of morpholine rings is 2. The van der Waals surface area contributed by atoms with E-state index in [2.05, 4.69) is 72.7 Å². The molecule has 0 radical (unpaired) electrons. The summed E-state index contributed by atoms with van der Waals surface area (Å²) >= 11 is 0. The second kappa shape index (κ2) is 16.9. The van der Waals surface area contributed by atoms with Crippen molar-refractivity contribution >= 4 is 55.9 Å². The Morgan fingerprint density at radius 2 is 1.12 bits per heavy atom. The summed E-state index contributed by atoms with van der Waals surface area (Å²) in [6.45, 7) is 4.85. The number of ether oxygens (including phenoxy) is 4. The van der Waals surface area contributed by atoms with Gasteiger partial charge in [-0.05, 0) is 73.1 Å². The number of carbonyl (C=O) groups is 3. The average Bonchev–Trinajstić information content (AvgIpc) is 4.00. The van der Waals surface area contributed by atoms with E-state index in [1.54, 1.807) is 11.0 Å². The lowest BCUT2D eigenvalue weighted by molar-refractivity contribution is -0.132. The SMILES string of the molecule is C.C#CCOc1ccccc1C1=C2C(=C(C(=O)N3CCOCC3)C1=O)c1cccc3cccc2c13.O=C(c1cc2c(c3c1-c1cccc4cccc-3c14)-c1ccccc1OC2)N1CCOCC1. The molecule has 3 aliphatic heterocycles. The van der Waals surface area contributed by atoms with E-state index in [9.17, 15) is 14.4 Å². The monoisotopic (exact) mass is 882 g/mol. The van der Waals surface area contributed by atoms with Gasteiger partial charge in [0.2, 0.25) is 5.78 Å². The molecule has 0 N–H and O–H groups in total. The van der Waals surface area contributed by atoms with Crippen molar-refractivity contribution in [3.05, 3.63) is 161 Å². The van der Waals surface area contributed by atoms with Crippen molar-refractivity contribution in [2.45, 2.75) is 14.0 Å². The number of hydrogen-bond donors (Lipinski definition) is 0. The molecule has 3 aliphatic carbocycles. The maximum absolute atomic E-state index is 14.1. The van der Waals surface area contributed by atoms with Crippen molar-refractivity contribution < 1.29 is 33.3 Å². The van der Waals surface area contributed by atoms with Crippen LogP contribution in [-0.4, -0.2) is 86.6 Å². The van der Waals surface area contributed by atoms with Crippen LogP contribution in [0.3, 0.4) is 0 Å². The molecule has 67 heavy (non-hydrogen) atoms. The summed E-state index contributed by atoms with van der Waals surface area (Å²) < 4.78 is 22.8. The molecule has 2 fully saturated rings. The minimum atomic E-state index is -0.273. The van der Waals surface area contributed by atoms with Crippen LogP contribution >= 0.6 is 0 Å². The Morgan fingerprint density at radius 3 is 1.78 bits per heavy atom. The van der Waals surface area contributed by atoms with Crippen molar-refractivity contribution in [1.29, 1.82) is 0 Å². The predicted octanol–water partition coefficient (Wildman–Crippen LogP) is 10.1. The van der Waals surface area contributed by atoms with E-state index in [-0.39, 0.29) is 37.2 Å². The van der Waals surface area contributed by atoms with Gasteiger partial charge in [0, 0.05) is 70.7 Å². The van der Waals surface area contributed by atoms with E-state index in [0.29, 0.717) is 76.1 Å². The topological polar surface area (TPSA) is 94.6 Å². The number of amides is 2. The molecule has 6 aliphatic rings. The first-order valence-corrected chi connectivity index (χ1v) is 22.4. The number of para-hydroxylation sites is 2. The first-order chi connectivity index (χ1) is 32.5. The van der Waals surface area contributed by atoms with Crippen LogP contribution in [0.15, 0.2) is 133 Å². The third kappa shape index (κ3) is 6.58. The number of hydrogen-bond acceptors (Lipinski definition) is 7. The minimum absolute atomic E-state index is 0. The summed E-state index contributed by atoms with van der Waals surface area (Å²) in [5.74, 6) is 3.47. The van der Waals surface area contributed by atoms with Crippen LogP contribution < -0.4 is 9.47 Å². The normalized spacial score (nSPS) is 16.0. The van der Waals surface area contributed by atoms with Gasteiger partial charge in [-0.25, -0.2) is 0 Å². The first-order valence-electron chi connectivity index (χ1n) is 22.4. The number of carbonyl (C=O) groups excluding carboxylic acids is 3. The highest BCUT2D eigenvalue weighted by molar-refractivity contribution is 6.56. The number of ketones is 1. The molecule has 0 spiro atoms. The molecule has 2 amide bonds. The van der Waals surface area contributed by atoms with Gasteiger partial charge in [-0.2, -0.15) is 0 Å². The zero-order valence-electron chi connectivity index (χ0n) is 36.0. The molecule has 0 saturated carbocycles. The molecule has 0 aromatic heterocycles. The van der Waals surface area contributed by atoms with Gasteiger partial charge in [0.05, 0.1) is 32.0 Å². The number of allylic oxidation sites excluding steroid dienone is 3. The van der Waals surface area contributed by atoms with Gasteiger partial charge < -0.3 is 28.7 Å². The molecule has 330 valence electrons. The summed E-state index contributed by atoms with van der Waals surface area (Å²) in [4.78, 5) is 45.3. The number of terminal acetylenes is 1. The molecule has 9 heteroatoms. The fourth-order valence-electron chi connectivity index (χ4n) is 10.7. The van der Waals surface area contributed by atoms with Crippen LogP contribution in [0.2, 0.25) is 0 Å². The van der Waals surface area contributed by atoms with Gasteiger partial charge in [0.15, 0.2) is 0 Å². The zero-order valence-corrected chi connectivity index (χ0v) is 36.0. The second-order valence-corrected chi connectivity index (χ2v) is 17.0. The Labute approximate surface area is 388 Å². The van der Waals surface area contributed by atoms with Gasteiger partial charge in [-0.3, -0.25) is 14.4 Å². The van der Waals surface area contributed by atoms with Crippen LogP contribution in [-0.2, 0) is 25.7 Å². The Kier molecular flexibility index (Phi) is 10.6. The highest BCUT2D eigenvalue weighted by Gasteiger charge is 2.44. The lowest BCUT2D eigenvalue weighted by atomic mass is 9.85. The molecule has 2 saturated heterocycles. The Morgan fingerprint density at radius 1 is 0.582 bits per heavy atom. The number of fused-ring (bicyclic) bond motifs is 10. The fraction of sp³-hybridized carbons (Fsp3) is 0.190. The summed E-state index contributed by atoms with van der Waals surface area (Å²) in [7, 11) is 0. The Balaban J connectivity index is 0.000000145. The van der Waals surface area contributed by atoms with Gasteiger partial charge in [-0.15, -0.1) is 6.42 Å². The van der Waals surface area contributed by atoms with Crippen molar-refractivity contribution in [1.82, 2.24) is 9.80 Å². The molecular formula is C58H46N2O7. The largest absolute Gasteiger partial charge is 0.488 e. The third-order valence-corrected chi connectivity index (χ3v) is 13.5. The molecule has 0 atom stereocenters. The summed E-state index contributed by atoms with van der Waals surface area (Å²) in [6, 6.07) is 42.6. The van der Waals surface area contributed by atoms with E-state index in [4.69, 9.17) is 25.4 Å². The number of Topliss-reactive ketones (excluding diaryl/α,β-unsaturated/α-hetero) is 1. The van der Waals surface area contributed by atoms with E-state index >= 15 is 0 Å². The van der Waals surface area contributed by atoms with Crippen molar-refractivity contribution in [3.63, 3.8) is 0 Å². The summed E-state index contributed by atoms with van der Waals surface area (Å²) in [5, 5.41) is 4.58. The van der Waals surface area contributed by atoms with Crippen LogP contribution in [0.25, 0.3) is 71.6 Å². The smallest absolute Gasteiger partial charge is 0.258 e. The Bertz CT molecular complexity index is 3350. The molecule has 7 aromatic carbocycles. The van der Waals surface area contributed by atoms with E-state index in [1.165, 1.54) is 27.5 Å². The van der Waals surface area contributed by atoms with Crippen molar-refractivity contribution in [2.24, 2.45) is 0 Å². The Hall–Kier alpha value is -7.77. The summed E-state index contributed by atoms with van der Waals surface area (Å²) in [5.41, 5.74) is 13.5. The van der Waals surface area contributed by atoms with E-state index in [0.717, 1.165) is 66.6 Å². The number of nitrogens with zero attached hydrogens (tertiary/aromatic N) is 2. The van der Waals surface area contributed by atoms with Crippen LogP contribution in [0.5, 0.6) is 11.5 Å². The standard InChI is InChI=1S/C29H21NO4.C28H21NO3.CH4/c1-2-15-34-22-12-4-3-9-19(22)26-24-20-10-5-7-18-8-6-11-21(23(18)20)25(24)27(28(26)31)29(32)30-13-16-33-17-14-30;30-28(29-11-13-31-14-12-29)22-15-18-16-32-23-10-2-1-7-19(23)25(18)27-21-9-4-6-17-5-3-8-20(24(17)21)26(22)27;/h1,3-12H,13-17H2;1-10,15H,11-14,16H2;1H4. The third-order valence-electron chi connectivity index (χ3n) is 13.5. The second-order valence-electron chi connectivity index (χ2n) is 17.0. The lowest BCUT2D eigenvalue weighted by Gasteiger charge is -2.29. The number of rotatable bonds is 5. The van der Waals surface area contributed by atoms with Crippen LogP contribution in [0.4, 0.5) is 0 Å². The summed E-state index contributed by atoms with van der Waals surface area (Å²) in [6.07, 6.45) is 5.42. The predicted molar refractivity (Wildman–Crippen MR) is 262 cm³/mol. The van der Waals surface area contributed by atoms with Crippen LogP contribution in [0.1, 0.15) is 40.0 Å². The molecule has 0 unspecified atom stereocenters. The molecule has 7 aromatic rings. The van der Waals surface area contributed by atoms with Gasteiger partial charge in [0.25, 0.3) is 11.8 Å². The molecule has 0 bridgehead atoms. The molecule has 9 nitrogen and oxygen atoms in total. The molecular weight excluding hydrogens is 837 g/mol. The van der Waals surface area contributed by atoms with Gasteiger partial charge in [-0.1, -0.05) is 123 Å². The van der Waals surface area contributed by atoms with E-state index in [1.807, 2.05) is 59.5 Å². The maximum Gasteiger partial charge on any atom is 0.258 e.